The van der Waals surface area contributed by atoms with Crippen molar-refractivity contribution in [3.8, 4) is 11.1 Å². The minimum atomic E-state index is -0.241. The Bertz CT molecular complexity index is 1400. The number of aromatic nitrogens is 3. The van der Waals surface area contributed by atoms with Gasteiger partial charge in [0.25, 0.3) is 5.91 Å². The summed E-state index contributed by atoms with van der Waals surface area (Å²) < 4.78 is 0. The molecule has 10 nitrogen and oxygen atoms in total. The number of carbonyl (C=O) groups is 2. The largest absolute Gasteiger partial charge is 0.337 e. The van der Waals surface area contributed by atoms with Gasteiger partial charge in [-0.15, -0.1) is 0 Å². The summed E-state index contributed by atoms with van der Waals surface area (Å²) in [5.74, 6) is 0.928. The van der Waals surface area contributed by atoms with Crippen LogP contribution in [0.3, 0.4) is 0 Å². The molecule has 3 aromatic rings. The molecule has 0 radical (unpaired) electrons. The predicted molar refractivity (Wildman–Crippen MR) is 173 cm³/mol. The third kappa shape index (κ3) is 8.46. The van der Waals surface area contributed by atoms with Gasteiger partial charge in [0, 0.05) is 82.1 Å². The maximum absolute atomic E-state index is 13.8. The van der Waals surface area contributed by atoms with Gasteiger partial charge in [-0.25, -0.2) is 15.0 Å². The van der Waals surface area contributed by atoms with E-state index >= 15 is 0 Å². The van der Waals surface area contributed by atoms with E-state index in [9.17, 15) is 9.59 Å². The van der Waals surface area contributed by atoms with Gasteiger partial charge in [0.05, 0.1) is 12.2 Å². The average molecular weight is 599 g/mol. The summed E-state index contributed by atoms with van der Waals surface area (Å²) in [5.41, 5.74) is 4.70. The highest BCUT2D eigenvalue weighted by molar-refractivity contribution is 6.03. The van der Waals surface area contributed by atoms with Crippen molar-refractivity contribution in [1.82, 2.24) is 35.0 Å². The number of benzene rings is 1. The lowest BCUT2D eigenvalue weighted by Crippen LogP contribution is -2.49. The van der Waals surface area contributed by atoms with E-state index < -0.39 is 0 Å². The first kappa shape index (κ1) is 31.7. The molecule has 0 bridgehead atoms. The van der Waals surface area contributed by atoms with Crippen LogP contribution in [0.5, 0.6) is 0 Å². The molecule has 44 heavy (non-hydrogen) atoms. The molecular formula is C34H46N8O2. The Morgan fingerprint density at radius 1 is 0.864 bits per heavy atom. The summed E-state index contributed by atoms with van der Waals surface area (Å²) in [6, 6.07) is 10.2. The molecule has 0 aliphatic carbocycles. The van der Waals surface area contributed by atoms with Crippen LogP contribution < -0.4 is 10.6 Å². The van der Waals surface area contributed by atoms with E-state index in [0.717, 1.165) is 75.2 Å². The van der Waals surface area contributed by atoms with Crippen molar-refractivity contribution in [3.05, 3.63) is 71.6 Å². The number of hydrogen-bond acceptors (Lipinski definition) is 8. The van der Waals surface area contributed by atoms with E-state index in [2.05, 4.69) is 61.4 Å². The molecule has 0 saturated carbocycles. The van der Waals surface area contributed by atoms with Crippen molar-refractivity contribution in [1.29, 1.82) is 0 Å². The van der Waals surface area contributed by atoms with E-state index in [1.54, 1.807) is 18.6 Å². The standard InChI is InChI=1S/C34H46N8O2/c1-4-26-7-6-8-29(17-26)30-18-31(39-32(43)23-35-19-28-20-36-25(3)37-21-28)33(38-22-30)34(44)42-11-9-27(10-12-42)24-41-15-13-40(5-2)14-16-41/h6-8,17-18,20-22,27,35H,4-5,9-16,19,23-24H2,1-3H3,(H,39,43). The van der Waals surface area contributed by atoms with Gasteiger partial charge in [-0.3, -0.25) is 9.59 Å². The summed E-state index contributed by atoms with van der Waals surface area (Å²) in [5, 5.41) is 6.13. The second-order valence-electron chi connectivity index (χ2n) is 11.9. The van der Waals surface area contributed by atoms with E-state index in [1.165, 1.54) is 5.56 Å². The maximum Gasteiger partial charge on any atom is 0.274 e. The summed E-state index contributed by atoms with van der Waals surface area (Å²) in [7, 11) is 0. The molecule has 5 rings (SSSR count). The maximum atomic E-state index is 13.8. The molecule has 4 heterocycles. The predicted octanol–water partition coefficient (Wildman–Crippen LogP) is 3.63. The van der Waals surface area contributed by atoms with E-state index in [4.69, 9.17) is 0 Å². The fourth-order valence-electron chi connectivity index (χ4n) is 6.01. The van der Waals surface area contributed by atoms with Gasteiger partial charge < -0.3 is 25.3 Å². The molecule has 2 N–H and O–H groups in total. The van der Waals surface area contributed by atoms with E-state index in [-0.39, 0.29) is 24.1 Å². The van der Waals surface area contributed by atoms with Gasteiger partial charge in [0.2, 0.25) is 5.91 Å². The monoisotopic (exact) mass is 598 g/mol. The highest BCUT2D eigenvalue weighted by Gasteiger charge is 2.28. The lowest BCUT2D eigenvalue weighted by molar-refractivity contribution is -0.115. The van der Waals surface area contributed by atoms with Crippen molar-refractivity contribution in [2.75, 3.05) is 64.2 Å². The van der Waals surface area contributed by atoms with Gasteiger partial charge >= 0.3 is 0 Å². The van der Waals surface area contributed by atoms with Gasteiger partial charge in [-0.1, -0.05) is 38.1 Å². The number of likely N-dealkylation sites (tertiary alicyclic amines) is 1. The van der Waals surface area contributed by atoms with Crippen molar-refractivity contribution in [2.45, 2.75) is 46.6 Å². The normalized spacial score (nSPS) is 16.7. The Labute approximate surface area is 261 Å². The number of hydrogen-bond donors (Lipinski definition) is 2. The lowest BCUT2D eigenvalue weighted by Gasteiger charge is -2.38. The zero-order valence-corrected chi connectivity index (χ0v) is 26.4. The molecule has 2 fully saturated rings. The van der Waals surface area contributed by atoms with Crippen LogP contribution in [0.25, 0.3) is 11.1 Å². The Balaban J connectivity index is 1.25. The quantitative estimate of drug-likeness (QED) is 0.345. The molecule has 2 aromatic heterocycles. The first-order valence-corrected chi connectivity index (χ1v) is 16.0. The highest BCUT2D eigenvalue weighted by Crippen LogP contribution is 2.27. The number of anilines is 1. The number of nitrogens with one attached hydrogen (secondary N) is 2. The zero-order valence-electron chi connectivity index (χ0n) is 26.4. The third-order valence-electron chi connectivity index (χ3n) is 8.81. The van der Waals surface area contributed by atoms with Crippen molar-refractivity contribution in [3.63, 3.8) is 0 Å². The fraction of sp³-hybridized carbons (Fsp3) is 0.500. The van der Waals surface area contributed by atoms with Crippen molar-refractivity contribution >= 4 is 17.5 Å². The summed E-state index contributed by atoms with van der Waals surface area (Å²) in [6.45, 7) is 14.9. The van der Waals surface area contributed by atoms with Crippen LogP contribution in [-0.2, 0) is 17.8 Å². The minimum Gasteiger partial charge on any atom is -0.337 e. The average Bonchev–Trinajstić information content (AvgIpc) is 3.06. The fourth-order valence-corrected chi connectivity index (χ4v) is 6.01. The molecule has 0 unspecified atom stereocenters. The van der Waals surface area contributed by atoms with Crippen LogP contribution in [0, 0.1) is 12.8 Å². The second kappa shape index (κ2) is 15.3. The Kier molecular flexibility index (Phi) is 11.0. The van der Waals surface area contributed by atoms with Gasteiger partial charge in [-0.05, 0) is 55.8 Å². The number of nitrogens with zero attached hydrogens (tertiary/aromatic N) is 6. The number of likely N-dealkylation sites (N-methyl/N-ethyl adjacent to an activating group) is 1. The van der Waals surface area contributed by atoms with E-state index in [0.29, 0.717) is 37.1 Å². The second-order valence-corrected chi connectivity index (χ2v) is 11.9. The SMILES string of the molecule is CCc1cccc(-c2cnc(C(=O)N3CCC(CN4CCN(CC)CC4)CC3)c(NC(=O)CNCc3cnc(C)nc3)c2)c1. The van der Waals surface area contributed by atoms with Gasteiger partial charge in [-0.2, -0.15) is 0 Å². The highest BCUT2D eigenvalue weighted by atomic mass is 16.2. The topological polar surface area (TPSA) is 107 Å². The number of carbonyl (C=O) groups excluding carboxylic acids is 2. The first-order chi connectivity index (χ1) is 21.4. The van der Waals surface area contributed by atoms with Crippen LogP contribution in [0.15, 0.2) is 48.9 Å². The summed E-state index contributed by atoms with van der Waals surface area (Å²) in [4.78, 5) is 46.9. The third-order valence-corrected chi connectivity index (χ3v) is 8.81. The lowest BCUT2D eigenvalue weighted by atomic mass is 9.95. The molecule has 10 heteroatoms. The van der Waals surface area contributed by atoms with Crippen molar-refractivity contribution in [2.24, 2.45) is 5.92 Å². The Morgan fingerprint density at radius 3 is 2.30 bits per heavy atom. The first-order valence-electron chi connectivity index (χ1n) is 16.0. The van der Waals surface area contributed by atoms with Crippen LogP contribution in [0.4, 0.5) is 5.69 Å². The molecule has 1 aromatic carbocycles. The molecule has 2 aliphatic heterocycles. The van der Waals surface area contributed by atoms with Gasteiger partial charge in [0.15, 0.2) is 5.69 Å². The summed E-state index contributed by atoms with van der Waals surface area (Å²) in [6.07, 6.45) is 8.13. The van der Waals surface area contributed by atoms with Gasteiger partial charge in [0.1, 0.15) is 5.82 Å². The van der Waals surface area contributed by atoms with E-state index in [1.807, 2.05) is 30.0 Å². The minimum absolute atomic E-state index is 0.0783. The Morgan fingerprint density at radius 2 is 1.59 bits per heavy atom. The molecule has 2 aliphatic rings. The molecule has 2 amide bonds. The number of rotatable bonds is 11. The summed E-state index contributed by atoms with van der Waals surface area (Å²) >= 11 is 0. The Hall–Kier alpha value is -3.73. The number of piperazine rings is 1. The molecule has 0 spiro atoms. The van der Waals surface area contributed by atoms with Crippen LogP contribution >= 0.6 is 0 Å². The number of pyridine rings is 1. The van der Waals surface area contributed by atoms with Crippen molar-refractivity contribution < 1.29 is 9.59 Å². The van der Waals surface area contributed by atoms with Crippen LogP contribution in [0.1, 0.15) is 54.1 Å². The molecule has 0 atom stereocenters. The smallest absolute Gasteiger partial charge is 0.274 e. The number of amides is 2. The zero-order chi connectivity index (χ0) is 30.9. The molecule has 234 valence electrons. The van der Waals surface area contributed by atoms with Crippen LogP contribution in [0.2, 0.25) is 0 Å². The molecular weight excluding hydrogens is 552 g/mol. The number of aryl methyl sites for hydroxylation is 2. The van der Waals surface area contributed by atoms with Crippen LogP contribution in [-0.4, -0.2) is 100 Å². The molecule has 2 saturated heterocycles. The number of piperidine rings is 1.